The largest absolute Gasteiger partial charge is 0.325 e. The molecular formula is C17H10ClN7O3S2. The summed E-state index contributed by atoms with van der Waals surface area (Å²) in [7, 11) is 0. The van der Waals surface area contributed by atoms with Crippen molar-refractivity contribution in [3.63, 3.8) is 0 Å². The van der Waals surface area contributed by atoms with E-state index in [0.29, 0.717) is 31.0 Å². The molecule has 0 bridgehead atoms. The van der Waals surface area contributed by atoms with Gasteiger partial charge in [0.1, 0.15) is 11.4 Å². The number of carbonyl (C=O) groups is 1. The summed E-state index contributed by atoms with van der Waals surface area (Å²) < 4.78 is 0.503. The van der Waals surface area contributed by atoms with E-state index < -0.39 is 11.0 Å². The van der Waals surface area contributed by atoms with Crippen molar-refractivity contribution in [1.82, 2.24) is 20.2 Å². The first-order chi connectivity index (χ1) is 14.5. The number of hydrogen-bond donors (Lipinski definition) is 2. The fourth-order valence-electron chi connectivity index (χ4n) is 2.39. The Morgan fingerprint density at radius 1 is 1.10 bits per heavy atom. The Morgan fingerprint density at radius 3 is 2.67 bits per heavy atom. The zero-order valence-electron chi connectivity index (χ0n) is 14.8. The molecule has 0 unspecified atom stereocenters. The van der Waals surface area contributed by atoms with Crippen LogP contribution in [0.4, 0.5) is 21.3 Å². The first kappa shape index (κ1) is 19.9. The maximum atomic E-state index is 12.1. The van der Waals surface area contributed by atoms with E-state index >= 15 is 0 Å². The molecule has 4 aromatic rings. The Morgan fingerprint density at radius 2 is 1.90 bits per heavy atom. The van der Waals surface area contributed by atoms with Crippen molar-refractivity contribution in [3.8, 4) is 0 Å². The van der Waals surface area contributed by atoms with Crippen molar-refractivity contribution >= 4 is 68.1 Å². The van der Waals surface area contributed by atoms with E-state index in [1.807, 2.05) is 0 Å². The highest BCUT2D eigenvalue weighted by Gasteiger charge is 2.15. The van der Waals surface area contributed by atoms with E-state index in [1.54, 1.807) is 30.3 Å². The number of hydrogen-bond acceptors (Lipinski definition) is 9. The van der Waals surface area contributed by atoms with Crippen LogP contribution >= 0.6 is 34.7 Å². The lowest BCUT2D eigenvalue weighted by atomic mass is 10.2. The van der Waals surface area contributed by atoms with Crippen LogP contribution in [0.25, 0.3) is 10.9 Å². The van der Waals surface area contributed by atoms with Crippen LogP contribution in [0.15, 0.2) is 58.2 Å². The Labute approximate surface area is 181 Å². The zero-order chi connectivity index (χ0) is 21.1. The fraction of sp³-hybridized carbons (Fsp3) is 0. The lowest BCUT2D eigenvalue weighted by Gasteiger charge is -2.04. The minimum absolute atomic E-state index is 0.0577. The van der Waals surface area contributed by atoms with Crippen molar-refractivity contribution in [2.24, 2.45) is 0 Å². The van der Waals surface area contributed by atoms with E-state index in [4.69, 9.17) is 11.6 Å². The van der Waals surface area contributed by atoms with Crippen molar-refractivity contribution in [2.75, 3.05) is 10.6 Å². The minimum Gasteiger partial charge on any atom is -0.308 e. The number of urea groups is 1. The maximum Gasteiger partial charge on any atom is 0.325 e. The number of amides is 2. The number of nitro benzene ring substituents is 1. The predicted octanol–water partition coefficient (Wildman–Crippen LogP) is 4.84. The minimum atomic E-state index is -0.479. The summed E-state index contributed by atoms with van der Waals surface area (Å²) in [5.41, 5.74) is 1.09. The van der Waals surface area contributed by atoms with E-state index in [1.165, 1.54) is 30.2 Å². The third kappa shape index (κ3) is 4.62. The van der Waals surface area contributed by atoms with Gasteiger partial charge < -0.3 is 5.32 Å². The number of benzene rings is 2. The lowest BCUT2D eigenvalue weighted by Crippen LogP contribution is -2.19. The summed E-state index contributed by atoms with van der Waals surface area (Å²) in [5.74, 6) is 0. The molecule has 4 rings (SSSR count). The first-order valence-electron chi connectivity index (χ1n) is 8.22. The second-order valence-electron chi connectivity index (χ2n) is 5.70. The quantitative estimate of drug-likeness (QED) is 0.187. The third-order valence-electron chi connectivity index (χ3n) is 3.71. The topological polar surface area (TPSA) is 136 Å². The monoisotopic (exact) mass is 459 g/mol. The highest BCUT2D eigenvalue weighted by molar-refractivity contribution is 8.01. The normalized spacial score (nSPS) is 10.7. The number of rotatable bonds is 5. The average molecular weight is 460 g/mol. The van der Waals surface area contributed by atoms with Crippen molar-refractivity contribution in [3.05, 3.63) is 63.9 Å². The molecule has 150 valence electrons. The van der Waals surface area contributed by atoms with Gasteiger partial charge in [0, 0.05) is 28.2 Å². The number of nitro groups is 1. The number of halogens is 1. The van der Waals surface area contributed by atoms with Gasteiger partial charge in [0.05, 0.1) is 10.4 Å². The van der Waals surface area contributed by atoms with Crippen molar-refractivity contribution in [1.29, 1.82) is 0 Å². The third-order valence-corrected chi connectivity index (χ3v) is 5.87. The SMILES string of the molecule is O=C(Nc1ccc(Cl)cc1)Nc1nnc(Sc2ncnc3ccc([N+](=O)[O-])cc23)s1. The second kappa shape index (κ2) is 8.57. The van der Waals surface area contributed by atoms with Gasteiger partial charge in [0.15, 0.2) is 4.34 Å². The molecule has 0 aliphatic carbocycles. The molecule has 10 nitrogen and oxygen atoms in total. The molecule has 2 N–H and O–H groups in total. The summed E-state index contributed by atoms with van der Waals surface area (Å²) in [6.45, 7) is 0. The molecule has 2 aromatic carbocycles. The summed E-state index contributed by atoms with van der Waals surface area (Å²) in [6, 6.07) is 10.5. The molecule has 0 saturated heterocycles. The summed E-state index contributed by atoms with van der Waals surface area (Å²) in [4.78, 5) is 31.0. The van der Waals surface area contributed by atoms with Crippen LogP contribution in [0.1, 0.15) is 0 Å². The first-order valence-corrected chi connectivity index (χ1v) is 10.2. The molecule has 2 amide bonds. The van der Waals surface area contributed by atoms with Crippen LogP contribution in [0, 0.1) is 10.1 Å². The molecule has 0 spiro atoms. The number of carbonyl (C=O) groups excluding carboxylic acids is 1. The van der Waals surface area contributed by atoms with Gasteiger partial charge in [-0.25, -0.2) is 14.8 Å². The Kier molecular flexibility index (Phi) is 5.70. The number of nitrogens with zero attached hydrogens (tertiary/aromatic N) is 5. The van der Waals surface area contributed by atoms with E-state index in [9.17, 15) is 14.9 Å². The van der Waals surface area contributed by atoms with Gasteiger partial charge in [0.2, 0.25) is 5.13 Å². The number of non-ortho nitro benzene ring substituents is 1. The molecule has 0 aliphatic rings. The molecule has 2 aromatic heterocycles. The second-order valence-corrected chi connectivity index (χ2v) is 8.35. The van der Waals surface area contributed by atoms with Gasteiger partial charge in [-0.1, -0.05) is 22.9 Å². The van der Waals surface area contributed by atoms with Crippen LogP contribution in [0.5, 0.6) is 0 Å². The molecule has 0 fully saturated rings. The highest BCUT2D eigenvalue weighted by atomic mass is 35.5. The van der Waals surface area contributed by atoms with E-state index in [2.05, 4.69) is 30.8 Å². The van der Waals surface area contributed by atoms with Gasteiger partial charge in [-0.3, -0.25) is 15.4 Å². The summed E-state index contributed by atoms with van der Waals surface area (Å²) >= 11 is 8.14. The Balaban J connectivity index is 1.48. The number of aromatic nitrogens is 4. The van der Waals surface area contributed by atoms with Crippen LogP contribution in [-0.4, -0.2) is 31.1 Å². The van der Waals surface area contributed by atoms with Crippen LogP contribution in [0.2, 0.25) is 5.02 Å². The smallest absolute Gasteiger partial charge is 0.308 e. The lowest BCUT2D eigenvalue weighted by molar-refractivity contribution is -0.384. The summed E-state index contributed by atoms with van der Waals surface area (Å²) in [5, 5.41) is 26.1. The number of fused-ring (bicyclic) bond motifs is 1. The average Bonchev–Trinajstić information content (AvgIpc) is 3.16. The van der Waals surface area contributed by atoms with Gasteiger partial charge >= 0.3 is 6.03 Å². The molecule has 2 heterocycles. The van der Waals surface area contributed by atoms with E-state index in [-0.39, 0.29) is 10.8 Å². The van der Waals surface area contributed by atoms with Crippen LogP contribution in [0.3, 0.4) is 0 Å². The molecule has 0 atom stereocenters. The Bertz CT molecular complexity index is 1250. The van der Waals surface area contributed by atoms with Crippen molar-refractivity contribution < 1.29 is 9.72 Å². The van der Waals surface area contributed by atoms with Gasteiger partial charge in [0.25, 0.3) is 5.69 Å². The molecular weight excluding hydrogens is 450 g/mol. The molecule has 13 heteroatoms. The Hall–Kier alpha value is -3.35. The number of anilines is 2. The van der Waals surface area contributed by atoms with Crippen molar-refractivity contribution in [2.45, 2.75) is 9.37 Å². The molecule has 30 heavy (non-hydrogen) atoms. The predicted molar refractivity (Wildman–Crippen MR) is 114 cm³/mol. The number of nitrogens with one attached hydrogen (secondary N) is 2. The van der Waals surface area contributed by atoms with Gasteiger partial charge in [-0.05, 0) is 42.1 Å². The molecule has 0 saturated carbocycles. The highest BCUT2D eigenvalue weighted by Crippen LogP contribution is 2.35. The fourth-order valence-corrected chi connectivity index (χ4v) is 4.25. The van der Waals surface area contributed by atoms with Crippen LogP contribution in [-0.2, 0) is 0 Å². The maximum absolute atomic E-state index is 12.1. The standard InChI is InChI=1S/C17H10ClN7O3S2/c18-9-1-3-10(4-2-9)21-15(26)22-16-23-24-17(30-16)29-14-12-7-11(25(27)28)5-6-13(12)19-8-20-14/h1-8H,(H2,21,22,23,26). The zero-order valence-corrected chi connectivity index (χ0v) is 17.2. The van der Waals surface area contributed by atoms with Gasteiger partial charge in [-0.2, -0.15) is 0 Å². The summed E-state index contributed by atoms with van der Waals surface area (Å²) in [6.07, 6.45) is 1.37. The van der Waals surface area contributed by atoms with E-state index in [0.717, 1.165) is 11.3 Å². The molecule has 0 aliphatic heterocycles. The van der Waals surface area contributed by atoms with Crippen LogP contribution < -0.4 is 10.6 Å². The van der Waals surface area contributed by atoms with Gasteiger partial charge in [-0.15, -0.1) is 10.2 Å². The molecule has 0 radical (unpaired) electrons.